The molecule has 1 aromatic heterocycles. The summed E-state index contributed by atoms with van der Waals surface area (Å²) >= 11 is 0. The average Bonchev–Trinajstić information content (AvgIpc) is 3.03. The molecule has 1 N–H and O–H groups in total. The van der Waals surface area contributed by atoms with E-state index >= 15 is 0 Å². The summed E-state index contributed by atoms with van der Waals surface area (Å²) < 4.78 is 7.79. The van der Waals surface area contributed by atoms with Crippen molar-refractivity contribution in [1.82, 2.24) is 20.0 Å². The predicted octanol–water partition coefficient (Wildman–Crippen LogP) is 1.52. The van der Waals surface area contributed by atoms with E-state index in [0.717, 1.165) is 18.7 Å². The fourth-order valence-electron chi connectivity index (χ4n) is 3.89. The minimum absolute atomic E-state index is 0.256. The van der Waals surface area contributed by atoms with Gasteiger partial charge in [-0.3, -0.25) is 9.48 Å². The summed E-state index contributed by atoms with van der Waals surface area (Å²) in [5.41, 5.74) is 0.574. The zero-order valence-corrected chi connectivity index (χ0v) is 15.1. The maximum atomic E-state index is 12.8. The zero-order chi connectivity index (χ0) is 17.2. The van der Waals surface area contributed by atoms with Crippen LogP contribution < -0.4 is 5.32 Å². The summed E-state index contributed by atoms with van der Waals surface area (Å²) in [7, 11) is 1.90. The van der Waals surface area contributed by atoms with E-state index in [1.54, 1.807) is 4.68 Å². The van der Waals surface area contributed by atoms with Crippen LogP contribution in [0.4, 0.5) is 0 Å². The number of morpholine rings is 1. The van der Waals surface area contributed by atoms with Gasteiger partial charge in [-0.05, 0) is 44.7 Å². The summed E-state index contributed by atoms with van der Waals surface area (Å²) in [6, 6.07) is 0. The van der Waals surface area contributed by atoms with Crippen molar-refractivity contribution in [2.75, 3.05) is 32.8 Å². The molecule has 24 heavy (non-hydrogen) atoms. The number of aromatic nitrogens is 2. The maximum absolute atomic E-state index is 12.8. The molecule has 6 heteroatoms. The number of amides is 1. The largest absolute Gasteiger partial charge is 0.367 e. The normalized spacial score (nSPS) is 29.5. The second-order valence-electron chi connectivity index (χ2n) is 7.59. The summed E-state index contributed by atoms with van der Waals surface area (Å²) in [6.07, 6.45) is 6.90. The minimum atomic E-state index is -0.461. The van der Waals surface area contributed by atoms with Gasteiger partial charge in [0.05, 0.1) is 19.3 Å². The molecule has 2 aliphatic heterocycles. The SMILES string of the molecule is C[C@H](CC(=O)N1CCO[C@@](C)(c2cnn(C)c2)C1)[C@@H]1CCCNC1. The molecular formula is C18H30N4O2. The first-order valence-electron chi connectivity index (χ1n) is 9.09. The van der Waals surface area contributed by atoms with Gasteiger partial charge in [0, 0.05) is 31.8 Å². The second-order valence-corrected chi connectivity index (χ2v) is 7.59. The van der Waals surface area contributed by atoms with E-state index in [1.807, 2.05) is 24.3 Å². The van der Waals surface area contributed by atoms with E-state index in [9.17, 15) is 4.79 Å². The first-order chi connectivity index (χ1) is 11.5. The van der Waals surface area contributed by atoms with Crippen LogP contribution >= 0.6 is 0 Å². The standard InChI is InChI=1S/C18H30N4O2/c1-14(15-5-4-6-19-10-15)9-17(23)22-7-8-24-18(2,13-22)16-11-20-21(3)12-16/h11-12,14-15,19H,4-10,13H2,1-3H3/t14-,15-,18-/m1/s1. The number of hydrogen-bond acceptors (Lipinski definition) is 4. The van der Waals surface area contributed by atoms with Crippen molar-refractivity contribution in [3.05, 3.63) is 18.0 Å². The lowest BCUT2D eigenvalue weighted by atomic mass is 9.85. The molecule has 0 saturated carbocycles. The molecule has 0 aliphatic carbocycles. The molecule has 0 unspecified atom stereocenters. The molecule has 134 valence electrons. The first-order valence-corrected chi connectivity index (χ1v) is 9.09. The number of ether oxygens (including phenoxy) is 1. The lowest BCUT2D eigenvalue weighted by Gasteiger charge is -2.40. The molecular weight excluding hydrogens is 304 g/mol. The van der Waals surface area contributed by atoms with Crippen LogP contribution in [0.1, 0.15) is 38.7 Å². The van der Waals surface area contributed by atoms with E-state index in [0.29, 0.717) is 38.0 Å². The summed E-state index contributed by atoms with van der Waals surface area (Å²) in [5, 5.41) is 7.69. The first kappa shape index (κ1) is 17.4. The lowest BCUT2D eigenvalue weighted by Crippen LogP contribution is -2.51. The van der Waals surface area contributed by atoms with Gasteiger partial charge in [0.1, 0.15) is 5.60 Å². The van der Waals surface area contributed by atoms with Crippen molar-refractivity contribution in [2.24, 2.45) is 18.9 Å². The topological polar surface area (TPSA) is 59.4 Å². The molecule has 0 aromatic carbocycles. The van der Waals surface area contributed by atoms with Crippen molar-refractivity contribution in [2.45, 2.75) is 38.7 Å². The second kappa shape index (κ2) is 7.23. The highest BCUT2D eigenvalue weighted by atomic mass is 16.5. The zero-order valence-electron chi connectivity index (χ0n) is 15.1. The van der Waals surface area contributed by atoms with Gasteiger partial charge in [0.2, 0.25) is 5.91 Å². The molecule has 1 amide bonds. The van der Waals surface area contributed by atoms with Crippen LogP contribution in [0.25, 0.3) is 0 Å². The Morgan fingerprint density at radius 2 is 2.42 bits per heavy atom. The smallest absolute Gasteiger partial charge is 0.223 e. The molecule has 0 bridgehead atoms. The number of carbonyl (C=O) groups is 1. The Labute approximate surface area is 144 Å². The van der Waals surface area contributed by atoms with Gasteiger partial charge < -0.3 is 15.0 Å². The monoisotopic (exact) mass is 334 g/mol. The molecule has 6 nitrogen and oxygen atoms in total. The number of aryl methyl sites for hydroxylation is 1. The third-order valence-corrected chi connectivity index (χ3v) is 5.58. The Balaban J connectivity index is 1.60. The van der Waals surface area contributed by atoms with E-state index in [-0.39, 0.29) is 5.91 Å². The summed E-state index contributed by atoms with van der Waals surface area (Å²) in [6.45, 7) is 8.30. The number of rotatable bonds is 4. The van der Waals surface area contributed by atoms with E-state index < -0.39 is 5.60 Å². The van der Waals surface area contributed by atoms with Crippen LogP contribution in [0, 0.1) is 11.8 Å². The van der Waals surface area contributed by atoms with E-state index in [2.05, 4.69) is 24.3 Å². The van der Waals surface area contributed by atoms with Crippen LogP contribution in [-0.2, 0) is 22.2 Å². The highest BCUT2D eigenvalue weighted by Gasteiger charge is 2.37. The quantitative estimate of drug-likeness (QED) is 0.907. The number of carbonyl (C=O) groups excluding carboxylic acids is 1. The third kappa shape index (κ3) is 3.81. The van der Waals surface area contributed by atoms with E-state index in [1.165, 1.54) is 12.8 Å². The Kier molecular flexibility index (Phi) is 5.25. The third-order valence-electron chi connectivity index (χ3n) is 5.58. The highest BCUT2D eigenvalue weighted by Crippen LogP contribution is 2.30. The van der Waals surface area contributed by atoms with Gasteiger partial charge in [-0.1, -0.05) is 6.92 Å². The fourth-order valence-corrected chi connectivity index (χ4v) is 3.89. The molecule has 3 rings (SSSR count). The average molecular weight is 334 g/mol. The number of nitrogens with zero attached hydrogens (tertiary/aromatic N) is 3. The van der Waals surface area contributed by atoms with Crippen molar-refractivity contribution >= 4 is 5.91 Å². The van der Waals surface area contributed by atoms with Crippen molar-refractivity contribution in [3.8, 4) is 0 Å². The molecule has 0 radical (unpaired) electrons. The van der Waals surface area contributed by atoms with Crippen LogP contribution in [0.5, 0.6) is 0 Å². The van der Waals surface area contributed by atoms with Crippen LogP contribution in [0.2, 0.25) is 0 Å². The maximum Gasteiger partial charge on any atom is 0.223 e. The summed E-state index contributed by atoms with van der Waals surface area (Å²) in [4.78, 5) is 14.8. The van der Waals surface area contributed by atoms with Gasteiger partial charge in [0.25, 0.3) is 0 Å². The van der Waals surface area contributed by atoms with Gasteiger partial charge in [-0.25, -0.2) is 0 Å². The van der Waals surface area contributed by atoms with Gasteiger partial charge >= 0.3 is 0 Å². The molecule has 0 spiro atoms. The Morgan fingerprint density at radius 1 is 1.58 bits per heavy atom. The molecule has 3 heterocycles. The van der Waals surface area contributed by atoms with Crippen molar-refractivity contribution in [3.63, 3.8) is 0 Å². The Bertz CT molecular complexity index is 567. The van der Waals surface area contributed by atoms with Crippen molar-refractivity contribution in [1.29, 1.82) is 0 Å². The van der Waals surface area contributed by atoms with Crippen molar-refractivity contribution < 1.29 is 9.53 Å². The molecule has 2 fully saturated rings. The van der Waals surface area contributed by atoms with Crippen LogP contribution in [-0.4, -0.2) is 53.4 Å². The van der Waals surface area contributed by atoms with Crippen LogP contribution in [0.15, 0.2) is 12.4 Å². The molecule has 1 aromatic rings. The lowest BCUT2D eigenvalue weighted by molar-refractivity contribution is -0.150. The minimum Gasteiger partial charge on any atom is -0.367 e. The molecule has 3 atom stereocenters. The number of piperidine rings is 1. The predicted molar refractivity (Wildman–Crippen MR) is 92.5 cm³/mol. The molecule has 2 saturated heterocycles. The van der Waals surface area contributed by atoms with Gasteiger partial charge in [-0.2, -0.15) is 5.10 Å². The summed E-state index contributed by atoms with van der Waals surface area (Å²) in [5.74, 6) is 1.30. The fraction of sp³-hybridized carbons (Fsp3) is 0.778. The van der Waals surface area contributed by atoms with Gasteiger partial charge in [0.15, 0.2) is 0 Å². The van der Waals surface area contributed by atoms with Crippen LogP contribution in [0.3, 0.4) is 0 Å². The molecule has 2 aliphatic rings. The van der Waals surface area contributed by atoms with Gasteiger partial charge in [-0.15, -0.1) is 0 Å². The van der Waals surface area contributed by atoms with E-state index in [4.69, 9.17) is 4.74 Å². The Hall–Kier alpha value is -1.40. The number of nitrogens with one attached hydrogen (secondary N) is 1. The number of hydrogen-bond donors (Lipinski definition) is 1. The highest BCUT2D eigenvalue weighted by molar-refractivity contribution is 5.76. The Morgan fingerprint density at radius 3 is 3.08 bits per heavy atom.